The summed E-state index contributed by atoms with van der Waals surface area (Å²) in [5, 5.41) is 0. The van der Waals surface area contributed by atoms with Gasteiger partial charge in [0, 0.05) is 0 Å². The number of rotatable bonds is 0. The summed E-state index contributed by atoms with van der Waals surface area (Å²) in [4.78, 5) is 2.74. The Morgan fingerprint density at radius 1 is 1.36 bits per heavy atom. The number of nitrogens with one attached hydrogen (secondary N) is 1. The van der Waals surface area contributed by atoms with Crippen LogP contribution in [0, 0.1) is 12.3 Å². The monoisotopic (exact) mass is 187 g/mol. The van der Waals surface area contributed by atoms with E-state index in [0.717, 1.165) is 6.42 Å². The quantitative estimate of drug-likeness (QED) is 0.473. The van der Waals surface area contributed by atoms with Crippen LogP contribution in [0.4, 0.5) is 0 Å². The first-order valence-corrected chi connectivity index (χ1v) is 3.21. The summed E-state index contributed by atoms with van der Waals surface area (Å²) in [6, 6.07) is 3.71. The van der Waals surface area contributed by atoms with Crippen molar-refractivity contribution in [3.8, 4) is 0 Å². The molecule has 1 nitrogen and oxygen atoms in total. The molecule has 0 aromatic carbocycles. The average molecular weight is 187 g/mol. The molecule has 0 amide bonds. The molecule has 2 heteroatoms. The van der Waals surface area contributed by atoms with Crippen LogP contribution in [0.15, 0.2) is 36.6 Å². The van der Waals surface area contributed by atoms with Crippen molar-refractivity contribution in [1.82, 2.24) is 4.98 Å². The molecule has 0 bridgehead atoms. The summed E-state index contributed by atoms with van der Waals surface area (Å²) >= 11 is 0. The van der Waals surface area contributed by atoms with Crippen LogP contribution < -0.4 is 0 Å². The Kier molecular flexibility index (Phi) is 6.90. The smallest absolute Gasteiger partial charge is 0.484 e. The first-order chi connectivity index (χ1) is 5.00. The number of allylic oxidation sites excluding steroid dienone is 4. The molecular formula is C9H9FeN. The Morgan fingerprint density at radius 2 is 2.27 bits per heavy atom. The molecule has 0 saturated heterocycles. The molecule has 1 aromatic heterocycles. The van der Waals surface area contributed by atoms with Gasteiger partial charge >= 0.3 is 17.1 Å². The normalized spacial score (nSPS) is 11.6. The summed E-state index contributed by atoms with van der Waals surface area (Å²) in [5.41, 5.74) is 0. The van der Waals surface area contributed by atoms with Gasteiger partial charge in [-0.25, -0.2) is 12.2 Å². The molecule has 0 spiro atoms. The van der Waals surface area contributed by atoms with Crippen LogP contribution in [0.5, 0.6) is 0 Å². The number of hydrogen-bond donors (Lipinski definition) is 1. The van der Waals surface area contributed by atoms with Gasteiger partial charge in [-0.3, -0.25) is 6.08 Å². The zero-order chi connectivity index (χ0) is 7.07. The SMILES string of the molecule is [C-]1=CC=CC1.[Fe+2].[c-]1ccc[nH]1. The van der Waals surface area contributed by atoms with Gasteiger partial charge in [-0.1, -0.05) is 0 Å². The van der Waals surface area contributed by atoms with Crippen molar-refractivity contribution in [3.63, 3.8) is 0 Å². The standard InChI is InChI=1S/C5H5.C4H4N.Fe/c2*1-2-4-5-3-1;/h1-3H,4H2;1-3,5H;/q2*-1;+2. The number of aromatic amines is 1. The molecule has 11 heavy (non-hydrogen) atoms. The maximum absolute atomic E-state index is 2.99. The third kappa shape index (κ3) is 5.71. The molecule has 1 heterocycles. The van der Waals surface area contributed by atoms with Crippen LogP contribution in [0.3, 0.4) is 0 Å². The van der Waals surface area contributed by atoms with E-state index in [4.69, 9.17) is 0 Å². The van der Waals surface area contributed by atoms with E-state index < -0.39 is 0 Å². The third-order valence-electron chi connectivity index (χ3n) is 1.03. The van der Waals surface area contributed by atoms with Gasteiger partial charge < -0.3 is 4.98 Å². The van der Waals surface area contributed by atoms with E-state index in [1.165, 1.54) is 0 Å². The van der Waals surface area contributed by atoms with Gasteiger partial charge in [-0.05, 0) is 0 Å². The van der Waals surface area contributed by atoms with E-state index in [1.54, 1.807) is 0 Å². The fraction of sp³-hybridized carbons (Fsp3) is 0.111. The first kappa shape index (κ1) is 10.3. The van der Waals surface area contributed by atoms with E-state index in [1.807, 2.05) is 30.5 Å². The zero-order valence-electron chi connectivity index (χ0n) is 6.02. The Morgan fingerprint density at radius 3 is 2.45 bits per heavy atom. The minimum atomic E-state index is 0. The second-order valence-corrected chi connectivity index (χ2v) is 1.82. The molecular weight excluding hydrogens is 178 g/mol. The molecule has 1 N–H and O–H groups in total. The van der Waals surface area contributed by atoms with Gasteiger partial charge in [0.15, 0.2) is 0 Å². The van der Waals surface area contributed by atoms with E-state index in [9.17, 15) is 0 Å². The van der Waals surface area contributed by atoms with Gasteiger partial charge in [0.25, 0.3) is 0 Å². The fourth-order valence-electron chi connectivity index (χ4n) is 0.581. The summed E-state index contributed by atoms with van der Waals surface area (Å²) in [6.07, 6.45) is 14.6. The minimum Gasteiger partial charge on any atom is -0.484 e. The van der Waals surface area contributed by atoms with Gasteiger partial charge in [-0.2, -0.15) is 24.4 Å². The summed E-state index contributed by atoms with van der Waals surface area (Å²) in [5.74, 6) is 0. The van der Waals surface area contributed by atoms with Crippen LogP contribution in [-0.2, 0) is 17.1 Å². The Bertz CT molecular complexity index is 172. The molecule has 0 fully saturated rings. The third-order valence-corrected chi connectivity index (χ3v) is 1.03. The molecule has 2 rings (SSSR count). The van der Waals surface area contributed by atoms with Crippen LogP contribution in [0.2, 0.25) is 0 Å². The fourth-order valence-corrected chi connectivity index (χ4v) is 0.581. The largest absolute Gasteiger partial charge is 2.00 e. The summed E-state index contributed by atoms with van der Waals surface area (Å²) < 4.78 is 0. The second kappa shape index (κ2) is 7.39. The van der Waals surface area contributed by atoms with Crippen molar-refractivity contribution in [2.24, 2.45) is 0 Å². The number of hydrogen-bond acceptors (Lipinski definition) is 0. The average Bonchev–Trinajstić information content (AvgIpc) is 2.67. The van der Waals surface area contributed by atoms with Gasteiger partial charge in [0.05, 0.1) is 0 Å². The predicted octanol–water partition coefficient (Wildman–Crippen LogP) is 2.12. The molecule has 0 aliphatic heterocycles. The van der Waals surface area contributed by atoms with Crippen molar-refractivity contribution in [3.05, 3.63) is 48.8 Å². The van der Waals surface area contributed by atoms with Crippen molar-refractivity contribution in [2.75, 3.05) is 0 Å². The van der Waals surface area contributed by atoms with Gasteiger partial charge in [0.2, 0.25) is 0 Å². The minimum absolute atomic E-state index is 0. The van der Waals surface area contributed by atoms with Crippen LogP contribution in [-0.4, -0.2) is 4.98 Å². The Balaban J connectivity index is 0.000000167. The molecule has 58 valence electrons. The molecule has 0 saturated carbocycles. The maximum atomic E-state index is 2.99. The van der Waals surface area contributed by atoms with E-state index in [2.05, 4.69) is 23.3 Å². The van der Waals surface area contributed by atoms with Crippen LogP contribution in [0.25, 0.3) is 0 Å². The van der Waals surface area contributed by atoms with Gasteiger partial charge in [0.1, 0.15) is 0 Å². The van der Waals surface area contributed by atoms with Crippen molar-refractivity contribution < 1.29 is 17.1 Å². The topological polar surface area (TPSA) is 15.8 Å². The van der Waals surface area contributed by atoms with Crippen molar-refractivity contribution in [2.45, 2.75) is 6.42 Å². The predicted molar refractivity (Wildman–Crippen MR) is 41.2 cm³/mol. The number of aromatic nitrogens is 1. The van der Waals surface area contributed by atoms with Crippen molar-refractivity contribution in [1.29, 1.82) is 0 Å². The van der Waals surface area contributed by atoms with Crippen molar-refractivity contribution >= 4 is 0 Å². The zero-order valence-corrected chi connectivity index (χ0v) is 7.13. The first-order valence-electron chi connectivity index (χ1n) is 3.21. The maximum Gasteiger partial charge on any atom is 2.00 e. The Labute approximate surface area is 77.7 Å². The van der Waals surface area contributed by atoms with Crippen LogP contribution in [0.1, 0.15) is 6.42 Å². The molecule has 0 radical (unpaired) electrons. The van der Waals surface area contributed by atoms with E-state index >= 15 is 0 Å². The number of H-pyrrole nitrogens is 1. The Hall–Kier alpha value is -0.721. The molecule has 0 atom stereocenters. The molecule has 1 aliphatic rings. The molecule has 0 unspecified atom stereocenters. The van der Waals surface area contributed by atoms with E-state index in [0.29, 0.717) is 0 Å². The second-order valence-electron chi connectivity index (χ2n) is 1.82. The summed E-state index contributed by atoms with van der Waals surface area (Å²) in [7, 11) is 0. The summed E-state index contributed by atoms with van der Waals surface area (Å²) in [6.45, 7) is 0. The molecule has 1 aromatic rings. The van der Waals surface area contributed by atoms with E-state index in [-0.39, 0.29) is 17.1 Å². The molecule has 1 aliphatic carbocycles. The van der Waals surface area contributed by atoms with Crippen LogP contribution >= 0.6 is 0 Å². The van der Waals surface area contributed by atoms with Gasteiger partial charge in [-0.15, -0.1) is 12.6 Å².